The van der Waals surface area contributed by atoms with E-state index in [-0.39, 0.29) is 30.3 Å². The van der Waals surface area contributed by atoms with E-state index in [2.05, 4.69) is 21.2 Å². The Morgan fingerprint density at radius 3 is 1.85 bits per heavy atom. The molecule has 0 unspecified atom stereocenters. The number of rotatable bonds is 11. The highest BCUT2D eigenvalue weighted by Crippen LogP contribution is 2.46. The molecule has 2 amide bonds. The van der Waals surface area contributed by atoms with Crippen molar-refractivity contribution in [3.63, 3.8) is 0 Å². The zero-order valence-corrected chi connectivity index (χ0v) is 36.1. The first-order valence-corrected chi connectivity index (χ1v) is 20.5. The van der Waals surface area contributed by atoms with Crippen molar-refractivity contribution in [3.05, 3.63) is 117 Å². The van der Waals surface area contributed by atoms with Crippen LogP contribution in [0, 0.1) is 11.6 Å². The van der Waals surface area contributed by atoms with Gasteiger partial charge in [-0.25, -0.2) is 18.4 Å². The first kappa shape index (κ1) is 44.7. The van der Waals surface area contributed by atoms with Crippen LogP contribution >= 0.6 is 15.9 Å². The van der Waals surface area contributed by atoms with Crippen LogP contribution in [-0.4, -0.2) is 54.9 Å². The summed E-state index contributed by atoms with van der Waals surface area (Å²) in [6.07, 6.45) is -0.926. The zero-order chi connectivity index (χ0) is 43.2. The SMILES string of the molecule is CC(C)(C)N(C(=O)O)c1cccc(COc2ccc(Br)c(C3OCCO3)c2F)c1.CC(C)(C)OC(=O)Nc1cccc(COc2ccc(C3CC3)c(C3OCCO3)c2F)c1. The van der Waals surface area contributed by atoms with Crippen LogP contribution < -0.4 is 19.7 Å². The van der Waals surface area contributed by atoms with Crippen LogP contribution in [0.1, 0.15) is 101 Å². The molecule has 2 aliphatic heterocycles. The molecule has 1 aliphatic carbocycles. The third-order valence-corrected chi connectivity index (χ3v) is 10.1. The second kappa shape index (κ2) is 19.3. The Balaban J connectivity index is 0.000000202. The average molecular weight is 898 g/mol. The topological polar surface area (TPSA) is 134 Å². The smallest absolute Gasteiger partial charge is 0.412 e. The summed E-state index contributed by atoms with van der Waals surface area (Å²) in [6, 6.07) is 20.9. The van der Waals surface area contributed by atoms with Crippen LogP contribution in [0.5, 0.6) is 11.5 Å². The van der Waals surface area contributed by atoms with Gasteiger partial charge in [0.2, 0.25) is 0 Å². The average Bonchev–Trinajstić information content (AvgIpc) is 3.59. The third-order valence-electron chi connectivity index (χ3n) is 9.39. The van der Waals surface area contributed by atoms with Crippen LogP contribution in [0.3, 0.4) is 0 Å². The number of nitrogens with zero attached hydrogens (tertiary/aromatic N) is 1. The minimum absolute atomic E-state index is 0.0682. The Hall–Kier alpha value is -4.80. The molecule has 0 radical (unpaired) electrons. The number of carboxylic acid groups (broad SMARTS) is 1. The van der Waals surface area contributed by atoms with Gasteiger partial charge in [-0.05, 0) is 119 Å². The minimum atomic E-state index is -1.05. The number of hydrogen-bond acceptors (Lipinski definition) is 9. The zero-order valence-electron chi connectivity index (χ0n) is 34.5. The highest BCUT2D eigenvalue weighted by Gasteiger charge is 2.34. The molecule has 0 atom stereocenters. The fourth-order valence-corrected chi connectivity index (χ4v) is 7.16. The van der Waals surface area contributed by atoms with E-state index in [1.54, 1.807) is 75.4 Å². The quantitative estimate of drug-likeness (QED) is 0.150. The van der Waals surface area contributed by atoms with E-state index in [9.17, 15) is 19.1 Å². The number of hydrogen-bond donors (Lipinski definition) is 2. The fraction of sp³-hybridized carbons (Fsp3) is 0.422. The van der Waals surface area contributed by atoms with Gasteiger partial charge in [-0.1, -0.05) is 46.3 Å². The molecule has 3 fully saturated rings. The van der Waals surface area contributed by atoms with Crippen molar-refractivity contribution in [2.45, 2.75) is 97.2 Å². The third kappa shape index (κ3) is 11.7. The van der Waals surface area contributed by atoms with Gasteiger partial charge < -0.3 is 38.3 Å². The number of ether oxygens (including phenoxy) is 7. The minimum Gasteiger partial charge on any atom is -0.486 e. The van der Waals surface area contributed by atoms with Gasteiger partial charge in [0.1, 0.15) is 18.8 Å². The lowest BCUT2D eigenvalue weighted by atomic mass is 10.0. The van der Waals surface area contributed by atoms with Crippen LogP contribution in [0.25, 0.3) is 0 Å². The summed E-state index contributed by atoms with van der Waals surface area (Å²) in [5, 5.41) is 12.3. The Morgan fingerprint density at radius 1 is 0.767 bits per heavy atom. The molecule has 322 valence electrons. The molecule has 2 saturated heterocycles. The summed E-state index contributed by atoms with van der Waals surface area (Å²) in [5.41, 5.74) is 3.07. The van der Waals surface area contributed by atoms with Gasteiger partial charge >= 0.3 is 12.2 Å². The molecule has 15 heteroatoms. The molecule has 0 spiro atoms. The van der Waals surface area contributed by atoms with E-state index in [1.807, 2.05) is 32.9 Å². The van der Waals surface area contributed by atoms with E-state index in [0.717, 1.165) is 29.5 Å². The Kier molecular flexibility index (Phi) is 14.4. The van der Waals surface area contributed by atoms with Crippen LogP contribution in [0.15, 0.2) is 77.3 Å². The predicted octanol–water partition coefficient (Wildman–Crippen LogP) is 11.2. The van der Waals surface area contributed by atoms with Crippen molar-refractivity contribution in [2.75, 3.05) is 36.6 Å². The van der Waals surface area contributed by atoms with E-state index < -0.39 is 47.5 Å². The molecule has 4 aromatic carbocycles. The largest absolute Gasteiger partial charge is 0.486 e. The summed E-state index contributed by atoms with van der Waals surface area (Å²) < 4.78 is 69.5. The number of halogens is 3. The lowest BCUT2D eigenvalue weighted by Gasteiger charge is -2.33. The number of amides is 2. The second-order valence-corrected chi connectivity index (χ2v) is 17.3. The Bertz CT molecular complexity index is 2140. The molecule has 0 bridgehead atoms. The van der Waals surface area contributed by atoms with E-state index >= 15 is 4.39 Å². The number of anilines is 2. The van der Waals surface area contributed by atoms with Gasteiger partial charge in [-0.3, -0.25) is 10.2 Å². The highest BCUT2D eigenvalue weighted by molar-refractivity contribution is 9.10. The molecule has 60 heavy (non-hydrogen) atoms. The lowest BCUT2D eigenvalue weighted by Crippen LogP contribution is -2.45. The molecule has 2 heterocycles. The number of carbonyl (C=O) groups is 2. The molecule has 7 rings (SSSR count). The second-order valence-electron chi connectivity index (χ2n) is 16.4. The summed E-state index contributed by atoms with van der Waals surface area (Å²) in [6.45, 7) is 12.8. The van der Waals surface area contributed by atoms with Gasteiger partial charge in [0, 0.05) is 21.4 Å². The molecule has 0 aromatic heterocycles. The van der Waals surface area contributed by atoms with E-state index in [0.29, 0.717) is 53.8 Å². The van der Waals surface area contributed by atoms with Crippen LogP contribution in [-0.2, 0) is 36.9 Å². The van der Waals surface area contributed by atoms with Crippen LogP contribution in [0.4, 0.5) is 29.7 Å². The fourth-order valence-electron chi connectivity index (χ4n) is 6.67. The van der Waals surface area contributed by atoms with Gasteiger partial charge in [0.05, 0.1) is 37.6 Å². The van der Waals surface area contributed by atoms with Crippen LogP contribution in [0.2, 0.25) is 0 Å². The molecule has 1 saturated carbocycles. The molecule has 2 N–H and O–H groups in total. The highest BCUT2D eigenvalue weighted by atomic mass is 79.9. The molecule has 3 aliphatic rings. The van der Waals surface area contributed by atoms with Gasteiger partial charge in [-0.2, -0.15) is 0 Å². The Morgan fingerprint density at radius 2 is 1.30 bits per heavy atom. The van der Waals surface area contributed by atoms with Crippen molar-refractivity contribution in [3.8, 4) is 11.5 Å². The lowest BCUT2D eigenvalue weighted by molar-refractivity contribution is -0.0475. The normalized spacial score (nSPS) is 15.9. The maximum atomic E-state index is 15.3. The van der Waals surface area contributed by atoms with Crippen molar-refractivity contribution in [1.29, 1.82) is 0 Å². The maximum absolute atomic E-state index is 15.3. The van der Waals surface area contributed by atoms with Gasteiger partial charge in [0.15, 0.2) is 35.7 Å². The maximum Gasteiger partial charge on any atom is 0.412 e. The van der Waals surface area contributed by atoms with Crippen molar-refractivity contribution < 1.29 is 56.6 Å². The standard InChI is InChI=1S/C24H28FNO5.C21H23BrFNO5/c1-24(2,3)31-23(27)26-17-6-4-5-15(13-17)14-30-19-10-9-18(16-7-8-16)20(21(19)25)22-28-11-12-29-22;1-21(2,3)24(20(25)26)14-6-4-5-13(11-14)12-29-16-8-7-15(22)17(18(16)23)19-27-9-10-28-19/h4-6,9-10,13,16,22H,7-8,11-12,14H2,1-3H3,(H,26,27);4-8,11,19H,9-10,12H2,1-3H3,(H,25,26). The summed E-state index contributed by atoms with van der Waals surface area (Å²) >= 11 is 3.33. The van der Waals surface area contributed by atoms with Gasteiger partial charge in [-0.15, -0.1) is 0 Å². The van der Waals surface area contributed by atoms with Crippen molar-refractivity contribution in [2.24, 2.45) is 0 Å². The Labute approximate surface area is 357 Å². The summed E-state index contributed by atoms with van der Waals surface area (Å²) in [7, 11) is 0. The number of benzene rings is 4. The van der Waals surface area contributed by atoms with E-state index in [1.165, 1.54) is 11.0 Å². The number of carbonyl (C=O) groups excluding carboxylic acids is 1. The molecule has 12 nitrogen and oxygen atoms in total. The monoisotopic (exact) mass is 896 g/mol. The van der Waals surface area contributed by atoms with Crippen molar-refractivity contribution >= 4 is 39.5 Å². The molecular weight excluding hydrogens is 846 g/mol. The summed E-state index contributed by atoms with van der Waals surface area (Å²) in [5.74, 6) is -0.395. The first-order valence-electron chi connectivity index (χ1n) is 19.7. The van der Waals surface area contributed by atoms with Gasteiger partial charge in [0.25, 0.3) is 0 Å². The van der Waals surface area contributed by atoms with Crippen molar-refractivity contribution in [1.82, 2.24) is 0 Å². The summed E-state index contributed by atoms with van der Waals surface area (Å²) in [4.78, 5) is 25.0. The van der Waals surface area contributed by atoms with E-state index in [4.69, 9.17) is 33.2 Å². The predicted molar refractivity (Wildman–Crippen MR) is 223 cm³/mol. The first-order chi connectivity index (χ1) is 28.5. The molecule has 4 aromatic rings. The number of nitrogens with one attached hydrogen (secondary N) is 1. The molecular formula is C45H51BrF2N2O10.